The van der Waals surface area contributed by atoms with Crippen LogP contribution in [0, 0.1) is 12.7 Å². The minimum absolute atomic E-state index is 0.0911. The van der Waals surface area contributed by atoms with Gasteiger partial charge in [-0.2, -0.15) is 5.10 Å². The molecule has 10 heteroatoms. The van der Waals surface area contributed by atoms with Crippen LogP contribution in [0.5, 0.6) is 0 Å². The van der Waals surface area contributed by atoms with E-state index >= 15 is 0 Å². The molecule has 1 saturated heterocycles. The van der Waals surface area contributed by atoms with Crippen molar-refractivity contribution >= 4 is 46.0 Å². The van der Waals surface area contributed by atoms with Crippen molar-refractivity contribution < 1.29 is 9.18 Å². The third-order valence-corrected chi connectivity index (χ3v) is 7.56. The van der Waals surface area contributed by atoms with Crippen LogP contribution in [0.25, 0.3) is 16.7 Å². The van der Waals surface area contributed by atoms with Gasteiger partial charge in [0.2, 0.25) is 0 Å². The van der Waals surface area contributed by atoms with Crippen LogP contribution < -0.4 is 4.90 Å². The molecule has 1 unspecified atom stereocenters. The Hall–Kier alpha value is -3.23. The minimum Gasteiger partial charge on any atom is -0.354 e. The van der Waals surface area contributed by atoms with E-state index in [4.69, 9.17) is 38.3 Å². The topological polar surface area (TPSA) is 67.2 Å². The van der Waals surface area contributed by atoms with Gasteiger partial charge in [0.1, 0.15) is 17.5 Å². The molecular weight excluding hydrogens is 538 g/mol. The maximum atomic E-state index is 13.7. The first kappa shape index (κ1) is 27.3. The number of nitrogens with zero attached hydrogens (tertiary/aromatic N) is 6. The number of carbonyl (C=O) groups excluding carboxylic acids is 1. The van der Waals surface area contributed by atoms with Gasteiger partial charge in [0, 0.05) is 47.7 Å². The van der Waals surface area contributed by atoms with Crippen LogP contribution in [0.15, 0.2) is 42.5 Å². The second kappa shape index (κ2) is 11.5. The molecule has 0 bridgehead atoms. The Labute approximate surface area is 237 Å². The van der Waals surface area contributed by atoms with E-state index in [2.05, 4.69) is 18.7 Å². The second-order valence-electron chi connectivity index (χ2n) is 10.1. The molecule has 1 fully saturated rings. The molecule has 7 nitrogen and oxygen atoms in total. The molecule has 3 heterocycles. The highest BCUT2D eigenvalue weighted by atomic mass is 35.5. The van der Waals surface area contributed by atoms with Crippen LogP contribution in [0.1, 0.15) is 60.9 Å². The number of aryl methyl sites for hydroxylation is 1. The largest absolute Gasteiger partial charge is 0.354 e. The lowest BCUT2D eigenvalue weighted by atomic mass is 10.1. The summed E-state index contributed by atoms with van der Waals surface area (Å²) >= 11 is 12.3. The van der Waals surface area contributed by atoms with Crippen molar-refractivity contribution in [3.05, 3.63) is 75.4 Å². The Morgan fingerprint density at radius 3 is 2.44 bits per heavy atom. The van der Waals surface area contributed by atoms with Crippen LogP contribution in [0.2, 0.25) is 10.0 Å². The first-order chi connectivity index (χ1) is 18.7. The van der Waals surface area contributed by atoms with Gasteiger partial charge in [0.15, 0.2) is 5.65 Å². The van der Waals surface area contributed by atoms with Crippen molar-refractivity contribution in [2.45, 2.75) is 46.0 Å². The quantitative estimate of drug-likeness (QED) is 0.255. The van der Waals surface area contributed by atoms with E-state index in [9.17, 15) is 9.18 Å². The molecule has 0 spiro atoms. The Bertz CT molecular complexity index is 1490. The maximum Gasteiger partial charge on any atom is 0.254 e. The van der Waals surface area contributed by atoms with Crippen molar-refractivity contribution in [1.82, 2.24) is 24.6 Å². The van der Waals surface area contributed by atoms with E-state index in [1.54, 1.807) is 35.0 Å². The van der Waals surface area contributed by atoms with Gasteiger partial charge in [0.05, 0.1) is 16.8 Å². The number of carbonyl (C=O) groups is 1. The summed E-state index contributed by atoms with van der Waals surface area (Å²) in [5.41, 5.74) is 2.72. The molecule has 1 aliphatic rings. The lowest BCUT2D eigenvalue weighted by Crippen LogP contribution is -2.35. The van der Waals surface area contributed by atoms with Crippen molar-refractivity contribution in [3.8, 4) is 5.69 Å². The van der Waals surface area contributed by atoms with Gasteiger partial charge in [0.25, 0.3) is 5.91 Å². The van der Waals surface area contributed by atoms with Crippen molar-refractivity contribution in [2.75, 3.05) is 31.1 Å². The molecule has 0 aliphatic carbocycles. The van der Waals surface area contributed by atoms with Crippen LogP contribution in [0.3, 0.4) is 0 Å². The fraction of sp³-hybridized carbons (Fsp3) is 0.379. The molecule has 39 heavy (non-hydrogen) atoms. The number of aromatic nitrogens is 4. The number of hydrogen-bond donors (Lipinski definition) is 0. The summed E-state index contributed by atoms with van der Waals surface area (Å²) in [6, 6.07) is 11.2. The standard InChI is InChI=1S/C29H31Cl2FN6O/c1-4-6-18(2)26-33-27(25-19(3)35-38(28(25)34-26)24-9-7-23(32)8-10-24)36-11-5-12-37(14-13-36)29(39)20-15-21(30)17-22(31)16-20/h7-10,15-18H,4-6,11-14H2,1-3H3. The van der Waals surface area contributed by atoms with Gasteiger partial charge in [-0.1, -0.05) is 43.5 Å². The Morgan fingerprint density at radius 2 is 1.74 bits per heavy atom. The molecule has 4 aromatic rings. The number of anilines is 1. The van der Waals surface area contributed by atoms with Gasteiger partial charge >= 0.3 is 0 Å². The Kier molecular flexibility index (Phi) is 8.05. The van der Waals surface area contributed by atoms with Crippen LogP contribution in [-0.4, -0.2) is 56.7 Å². The fourth-order valence-corrected chi connectivity index (χ4v) is 5.67. The number of amides is 1. The minimum atomic E-state index is -0.303. The molecule has 2 aromatic carbocycles. The van der Waals surface area contributed by atoms with Gasteiger partial charge < -0.3 is 9.80 Å². The molecule has 5 rings (SSSR count). The second-order valence-corrected chi connectivity index (χ2v) is 10.9. The summed E-state index contributed by atoms with van der Waals surface area (Å²) in [5, 5.41) is 6.53. The smallest absolute Gasteiger partial charge is 0.254 e. The van der Waals surface area contributed by atoms with Gasteiger partial charge in [-0.25, -0.2) is 19.0 Å². The third-order valence-electron chi connectivity index (χ3n) is 7.13. The molecule has 1 aliphatic heterocycles. The predicted octanol–water partition coefficient (Wildman–Crippen LogP) is 6.83. The number of hydrogen-bond acceptors (Lipinski definition) is 5. The number of halogens is 3. The van der Waals surface area contributed by atoms with E-state index in [0.29, 0.717) is 40.9 Å². The normalized spacial score (nSPS) is 15.0. The number of rotatable bonds is 6. The molecular formula is C29H31Cl2FN6O. The summed E-state index contributed by atoms with van der Waals surface area (Å²) in [7, 11) is 0. The van der Waals surface area contributed by atoms with E-state index < -0.39 is 0 Å². The predicted molar refractivity (Wildman–Crippen MR) is 154 cm³/mol. The maximum absolute atomic E-state index is 13.7. The summed E-state index contributed by atoms with van der Waals surface area (Å²) < 4.78 is 15.4. The SMILES string of the molecule is CCCC(C)c1nc(N2CCCN(C(=O)c3cc(Cl)cc(Cl)c3)CC2)c2c(C)nn(-c3ccc(F)cc3)c2n1. The summed E-state index contributed by atoms with van der Waals surface area (Å²) in [5.74, 6) is 1.35. The Morgan fingerprint density at radius 1 is 1.03 bits per heavy atom. The molecule has 0 radical (unpaired) electrons. The van der Waals surface area contributed by atoms with E-state index in [-0.39, 0.29) is 17.6 Å². The summed E-state index contributed by atoms with van der Waals surface area (Å²) in [6.45, 7) is 8.71. The fourth-order valence-electron chi connectivity index (χ4n) is 5.14. The molecule has 0 saturated carbocycles. The average molecular weight is 570 g/mol. The lowest BCUT2D eigenvalue weighted by molar-refractivity contribution is 0.0767. The van der Waals surface area contributed by atoms with Crippen molar-refractivity contribution in [2.24, 2.45) is 0 Å². The highest BCUT2D eigenvalue weighted by Crippen LogP contribution is 2.32. The molecule has 204 valence electrons. The van der Waals surface area contributed by atoms with E-state index in [1.807, 2.05) is 11.8 Å². The van der Waals surface area contributed by atoms with Crippen molar-refractivity contribution in [1.29, 1.82) is 0 Å². The highest BCUT2D eigenvalue weighted by molar-refractivity contribution is 6.35. The van der Waals surface area contributed by atoms with Crippen molar-refractivity contribution in [3.63, 3.8) is 0 Å². The number of fused-ring (bicyclic) bond motifs is 1. The van der Waals surface area contributed by atoms with Crippen LogP contribution >= 0.6 is 23.2 Å². The summed E-state index contributed by atoms with van der Waals surface area (Å²) in [6.07, 6.45) is 2.75. The molecule has 0 N–H and O–H groups in total. The van der Waals surface area contributed by atoms with E-state index in [0.717, 1.165) is 54.2 Å². The Balaban J connectivity index is 1.52. The lowest BCUT2D eigenvalue weighted by Gasteiger charge is -2.24. The van der Waals surface area contributed by atoms with E-state index in [1.165, 1.54) is 12.1 Å². The first-order valence-corrected chi connectivity index (χ1v) is 14.0. The van der Waals surface area contributed by atoms with Crippen LogP contribution in [-0.2, 0) is 0 Å². The molecule has 1 atom stereocenters. The zero-order chi connectivity index (χ0) is 27.7. The first-order valence-electron chi connectivity index (χ1n) is 13.3. The van der Waals surface area contributed by atoms with Gasteiger partial charge in [-0.15, -0.1) is 0 Å². The average Bonchev–Trinajstić information content (AvgIpc) is 3.07. The van der Waals surface area contributed by atoms with Gasteiger partial charge in [-0.05, 0) is 62.2 Å². The zero-order valence-corrected chi connectivity index (χ0v) is 23.8. The monoisotopic (exact) mass is 568 g/mol. The molecule has 1 amide bonds. The van der Waals surface area contributed by atoms with Crippen LogP contribution in [0.4, 0.5) is 10.2 Å². The third kappa shape index (κ3) is 5.72. The zero-order valence-electron chi connectivity index (χ0n) is 22.3. The number of benzene rings is 2. The molecule has 2 aromatic heterocycles. The summed E-state index contributed by atoms with van der Waals surface area (Å²) in [4.78, 5) is 27.4. The van der Waals surface area contributed by atoms with Gasteiger partial charge in [-0.3, -0.25) is 4.79 Å². The highest BCUT2D eigenvalue weighted by Gasteiger charge is 2.26.